The normalized spacial score (nSPS) is 10.6. The summed E-state index contributed by atoms with van der Waals surface area (Å²) in [6.07, 6.45) is 0. The van der Waals surface area contributed by atoms with E-state index in [4.69, 9.17) is 17.3 Å². The molecule has 1 aromatic heterocycles. The van der Waals surface area contributed by atoms with Gasteiger partial charge in [0.2, 0.25) is 5.95 Å². The fourth-order valence-electron chi connectivity index (χ4n) is 1.94. The van der Waals surface area contributed by atoms with Gasteiger partial charge in [-0.05, 0) is 31.9 Å². The van der Waals surface area contributed by atoms with Gasteiger partial charge in [0.1, 0.15) is 5.15 Å². The Balaban J connectivity index is 2.77. The van der Waals surface area contributed by atoms with Crippen LogP contribution in [0.2, 0.25) is 5.15 Å². The molecule has 0 aliphatic heterocycles. The number of hydrogen-bond acceptors (Lipinski definition) is 3. The molecule has 2 rings (SSSR count). The van der Waals surface area contributed by atoms with Crippen LogP contribution >= 0.6 is 11.6 Å². The summed E-state index contributed by atoms with van der Waals surface area (Å²) >= 11 is 6.04. The van der Waals surface area contributed by atoms with Gasteiger partial charge in [-0.2, -0.15) is 0 Å². The number of nitrogens with two attached hydrogens (primary N) is 1. The van der Waals surface area contributed by atoms with E-state index < -0.39 is 0 Å². The van der Waals surface area contributed by atoms with Crippen LogP contribution in [0.1, 0.15) is 16.7 Å². The number of hydrogen-bond donors (Lipinski definition) is 1. The molecule has 0 aliphatic rings. The molecule has 1 heterocycles. The maximum absolute atomic E-state index is 6.04. The lowest BCUT2D eigenvalue weighted by Crippen LogP contribution is -2.01. The fourth-order valence-corrected chi connectivity index (χ4v) is 2.11. The predicted octanol–water partition coefficient (Wildman–Crippen LogP) is 3.30. The first kappa shape index (κ1) is 11.9. The summed E-state index contributed by atoms with van der Waals surface area (Å²) in [6.45, 7) is 6.00. The number of anilines is 1. The van der Waals surface area contributed by atoms with Crippen LogP contribution in [0.4, 0.5) is 5.95 Å². The number of benzene rings is 1. The molecule has 0 saturated carbocycles. The van der Waals surface area contributed by atoms with Crippen molar-refractivity contribution in [1.29, 1.82) is 0 Å². The van der Waals surface area contributed by atoms with Crippen molar-refractivity contribution in [1.82, 2.24) is 9.97 Å². The van der Waals surface area contributed by atoms with E-state index in [0.717, 1.165) is 27.9 Å². The first-order valence-electron chi connectivity index (χ1n) is 5.37. The van der Waals surface area contributed by atoms with Gasteiger partial charge in [0, 0.05) is 11.1 Å². The molecule has 0 atom stereocenters. The first-order chi connectivity index (χ1) is 8.00. The van der Waals surface area contributed by atoms with Crippen molar-refractivity contribution < 1.29 is 0 Å². The Kier molecular flexibility index (Phi) is 3.03. The fraction of sp³-hybridized carbons (Fsp3) is 0.231. The van der Waals surface area contributed by atoms with E-state index in [-0.39, 0.29) is 5.95 Å². The minimum atomic E-state index is 0.207. The van der Waals surface area contributed by atoms with E-state index in [1.165, 1.54) is 0 Å². The monoisotopic (exact) mass is 247 g/mol. The standard InChI is InChI=1S/C13H14ClN3/c1-7-5-4-6-8(2)10(7)11-9(3)12(14)17-13(15)16-11/h4-6H,1-3H3,(H2,15,16,17). The number of rotatable bonds is 1. The molecule has 0 unspecified atom stereocenters. The van der Waals surface area contributed by atoms with E-state index >= 15 is 0 Å². The molecule has 88 valence electrons. The molecule has 0 amide bonds. The molecular formula is C13H14ClN3. The summed E-state index contributed by atoms with van der Waals surface area (Å²) in [7, 11) is 0. The molecule has 4 heteroatoms. The summed E-state index contributed by atoms with van der Waals surface area (Å²) in [4.78, 5) is 8.26. The maximum Gasteiger partial charge on any atom is 0.222 e. The van der Waals surface area contributed by atoms with Crippen LogP contribution in [-0.2, 0) is 0 Å². The third-order valence-electron chi connectivity index (χ3n) is 2.82. The zero-order valence-electron chi connectivity index (χ0n) is 10.1. The Morgan fingerprint density at radius 1 is 1.06 bits per heavy atom. The van der Waals surface area contributed by atoms with Crippen molar-refractivity contribution in [2.24, 2.45) is 0 Å². The molecule has 0 bridgehead atoms. The highest BCUT2D eigenvalue weighted by Gasteiger charge is 2.13. The number of aryl methyl sites for hydroxylation is 2. The Bertz CT molecular complexity index is 559. The molecule has 0 saturated heterocycles. The highest BCUT2D eigenvalue weighted by atomic mass is 35.5. The Morgan fingerprint density at radius 3 is 2.24 bits per heavy atom. The van der Waals surface area contributed by atoms with Gasteiger partial charge in [0.05, 0.1) is 5.69 Å². The van der Waals surface area contributed by atoms with Crippen LogP contribution in [0.5, 0.6) is 0 Å². The second-order valence-corrected chi connectivity index (χ2v) is 4.47. The number of nitrogen functional groups attached to an aromatic ring is 1. The Morgan fingerprint density at radius 2 is 1.65 bits per heavy atom. The average Bonchev–Trinajstić information content (AvgIpc) is 2.24. The van der Waals surface area contributed by atoms with Crippen molar-refractivity contribution in [3.8, 4) is 11.3 Å². The van der Waals surface area contributed by atoms with E-state index in [9.17, 15) is 0 Å². The van der Waals surface area contributed by atoms with Crippen LogP contribution in [0.3, 0.4) is 0 Å². The van der Waals surface area contributed by atoms with Crippen LogP contribution in [0, 0.1) is 20.8 Å². The molecule has 2 N–H and O–H groups in total. The van der Waals surface area contributed by atoms with Crippen LogP contribution in [0.15, 0.2) is 18.2 Å². The molecule has 0 fully saturated rings. The molecule has 0 radical (unpaired) electrons. The molecule has 17 heavy (non-hydrogen) atoms. The minimum Gasteiger partial charge on any atom is -0.368 e. The van der Waals surface area contributed by atoms with Gasteiger partial charge in [-0.1, -0.05) is 29.8 Å². The lowest BCUT2D eigenvalue weighted by Gasteiger charge is -2.12. The zero-order valence-corrected chi connectivity index (χ0v) is 10.8. The molecule has 2 aromatic rings. The highest BCUT2D eigenvalue weighted by Crippen LogP contribution is 2.31. The maximum atomic E-state index is 6.04. The lowest BCUT2D eigenvalue weighted by molar-refractivity contribution is 1.14. The second kappa shape index (κ2) is 4.34. The summed E-state index contributed by atoms with van der Waals surface area (Å²) in [6, 6.07) is 6.12. The van der Waals surface area contributed by atoms with Gasteiger partial charge in [-0.15, -0.1) is 0 Å². The van der Waals surface area contributed by atoms with Crippen molar-refractivity contribution in [3.63, 3.8) is 0 Å². The van der Waals surface area contributed by atoms with Gasteiger partial charge < -0.3 is 5.73 Å². The SMILES string of the molecule is Cc1cccc(C)c1-c1nc(N)nc(Cl)c1C. The minimum absolute atomic E-state index is 0.207. The molecule has 3 nitrogen and oxygen atoms in total. The second-order valence-electron chi connectivity index (χ2n) is 4.11. The molecule has 1 aromatic carbocycles. The average molecular weight is 248 g/mol. The predicted molar refractivity (Wildman–Crippen MR) is 71.1 cm³/mol. The van der Waals surface area contributed by atoms with E-state index in [0.29, 0.717) is 5.15 Å². The number of aromatic nitrogens is 2. The summed E-state index contributed by atoms with van der Waals surface area (Å²) in [5, 5.41) is 0.412. The zero-order chi connectivity index (χ0) is 12.6. The largest absolute Gasteiger partial charge is 0.368 e. The van der Waals surface area contributed by atoms with Gasteiger partial charge >= 0.3 is 0 Å². The molecular weight excluding hydrogens is 234 g/mol. The Hall–Kier alpha value is -1.61. The van der Waals surface area contributed by atoms with Crippen LogP contribution < -0.4 is 5.73 Å². The van der Waals surface area contributed by atoms with Crippen LogP contribution in [-0.4, -0.2) is 9.97 Å². The van der Waals surface area contributed by atoms with Gasteiger partial charge in [-0.25, -0.2) is 9.97 Å². The number of nitrogens with zero attached hydrogens (tertiary/aromatic N) is 2. The quantitative estimate of drug-likeness (QED) is 0.787. The smallest absolute Gasteiger partial charge is 0.222 e. The summed E-state index contributed by atoms with van der Waals surface area (Å²) in [5.74, 6) is 0.207. The van der Waals surface area contributed by atoms with E-state index in [1.54, 1.807) is 0 Å². The Labute approximate surface area is 106 Å². The lowest BCUT2D eigenvalue weighted by atomic mass is 9.98. The summed E-state index contributed by atoms with van der Waals surface area (Å²) in [5.41, 5.74) is 10.7. The summed E-state index contributed by atoms with van der Waals surface area (Å²) < 4.78 is 0. The van der Waals surface area contributed by atoms with E-state index in [1.807, 2.05) is 39.0 Å². The van der Waals surface area contributed by atoms with Crippen molar-refractivity contribution >= 4 is 17.5 Å². The third-order valence-corrected chi connectivity index (χ3v) is 3.19. The highest BCUT2D eigenvalue weighted by molar-refractivity contribution is 6.30. The van der Waals surface area contributed by atoms with Crippen molar-refractivity contribution in [2.75, 3.05) is 5.73 Å². The van der Waals surface area contributed by atoms with Gasteiger partial charge in [0.15, 0.2) is 0 Å². The van der Waals surface area contributed by atoms with Crippen molar-refractivity contribution in [3.05, 3.63) is 40.0 Å². The first-order valence-corrected chi connectivity index (χ1v) is 5.74. The van der Waals surface area contributed by atoms with Crippen LogP contribution in [0.25, 0.3) is 11.3 Å². The topological polar surface area (TPSA) is 51.8 Å². The number of halogens is 1. The molecule has 0 aliphatic carbocycles. The van der Waals surface area contributed by atoms with Gasteiger partial charge in [-0.3, -0.25) is 0 Å². The van der Waals surface area contributed by atoms with Crippen molar-refractivity contribution in [2.45, 2.75) is 20.8 Å². The third kappa shape index (κ3) is 2.11. The van der Waals surface area contributed by atoms with E-state index in [2.05, 4.69) is 9.97 Å². The molecule has 0 spiro atoms. The van der Waals surface area contributed by atoms with Gasteiger partial charge in [0.25, 0.3) is 0 Å².